The van der Waals surface area contributed by atoms with Crippen LogP contribution in [0.25, 0.3) is 0 Å². The van der Waals surface area contributed by atoms with Gasteiger partial charge in [0.25, 0.3) is 0 Å². The molecule has 0 radical (unpaired) electrons. The maximum Gasteiger partial charge on any atom is 0.212 e. The molecule has 0 saturated heterocycles. The fourth-order valence-corrected chi connectivity index (χ4v) is 3.50. The summed E-state index contributed by atoms with van der Waals surface area (Å²) in [5.41, 5.74) is 0. The molecule has 0 N–H and O–H groups in total. The molecular formula is C10H6Cl2N2O2S. The molecule has 88 valence electrons. The summed E-state index contributed by atoms with van der Waals surface area (Å²) in [5.74, 6) is 0. The molecule has 0 spiro atoms. The smallest absolute Gasteiger partial charge is 0.212 e. The van der Waals surface area contributed by atoms with Crippen LogP contribution in [0.15, 0.2) is 46.5 Å². The number of rotatable bonds is 2. The van der Waals surface area contributed by atoms with Gasteiger partial charge in [0.05, 0.1) is 4.90 Å². The summed E-state index contributed by atoms with van der Waals surface area (Å²) in [6.45, 7) is 0. The average Bonchev–Trinajstić information content (AvgIpc) is 2.29. The van der Waals surface area contributed by atoms with Gasteiger partial charge in [-0.25, -0.2) is 18.4 Å². The first-order chi connectivity index (χ1) is 8.03. The third-order valence-electron chi connectivity index (χ3n) is 2.04. The van der Waals surface area contributed by atoms with Gasteiger partial charge in [-0.1, -0.05) is 41.4 Å². The van der Waals surface area contributed by atoms with Crippen LogP contribution in [0.1, 0.15) is 0 Å². The van der Waals surface area contributed by atoms with Gasteiger partial charge in [0.2, 0.25) is 9.84 Å². The van der Waals surface area contributed by atoms with Crippen LogP contribution in [0, 0.1) is 0 Å². The largest absolute Gasteiger partial charge is 0.223 e. The molecule has 2 aromatic rings. The molecule has 0 aliphatic rings. The minimum atomic E-state index is -3.79. The number of nitrogens with zero attached hydrogens (tertiary/aromatic N) is 2. The van der Waals surface area contributed by atoms with Crippen molar-refractivity contribution in [3.8, 4) is 0 Å². The summed E-state index contributed by atoms with van der Waals surface area (Å²) < 4.78 is 24.5. The summed E-state index contributed by atoms with van der Waals surface area (Å²) in [4.78, 5) is 7.07. The molecule has 0 amide bonds. The van der Waals surface area contributed by atoms with Crippen molar-refractivity contribution in [2.24, 2.45) is 0 Å². The topological polar surface area (TPSA) is 59.9 Å². The first-order valence-electron chi connectivity index (χ1n) is 4.49. The zero-order chi connectivity index (χ0) is 12.5. The molecule has 0 aliphatic heterocycles. The number of halogens is 2. The third-order valence-corrected chi connectivity index (χ3v) is 4.65. The van der Waals surface area contributed by atoms with Crippen LogP contribution in [-0.4, -0.2) is 18.4 Å². The predicted molar refractivity (Wildman–Crippen MR) is 63.9 cm³/mol. The van der Waals surface area contributed by atoms with Gasteiger partial charge in [-0.05, 0) is 12.1 Å². The maximum absolute atomic E-state index is 12.2. The standard InChI is InChI=1S/C10H6Cl2N2O2S/c11-9-8(10(12)14-6-13-9)17(15,16)7-4-2-1-3-5-7/h1-6H. The highest BCUT2D eigenvalue weighted by Gasteiger charge is 2.25. The molecular weight excluding hydrogens is 283 g/mol. The van der Waals surface area contributed by atoms with E-state index in [4.69, 9.17) is 23.2 Å². The van der Waals surface area contributed by atoms with Gasteiger partial charge in [0.15, 0.2) is 10.3 Å². The van der Waals surface area contributed by atoms with Gasteiger partial charge in [-0.2, -0.15) is 0 Å². The van der Waals surface area contributed by atoms with E-state index >= 15 is 0 Å². The molecule has 7 heteroatoms. The lowest BCUT2D eigenvalue weighted by Crippen LogP contribution is -2.05. The van der Waals surface area contributed by atoms with Crippen molar-refractivity contribution < 1.29 is 8.42 Å². The minimum absolute atomic E-state index is 0.0959. The zero-order valence-corrected chi connectivity index (χ0v) is 10.7. The Balaban J connectivity index is 2.69. The lowest BCUT2D eigenvalue weighted by Gasteiger charge is -2.06. The first-order valence-corrected chi connectivity index (χ1v) is 6.73. The van der Waals surface area contributed by atoms with Gasteiger partial charge in [0, 0.05) is 0 Å². The van der Waals surface area contributed by atoms with Gasteiger partial charge in [-0.3, -0.25) is 0 Å². The number of aromatic nitrogens is 2. The molecule has 17 heavy (non-hydrogen) atoms. The van der Waals surface area contributed by atoms with Gasteiger partial charge < -0.3 is 0 Å². The fraction of sp³-hybridized carbons (Fsp3) is 0. The zero-order valence-electron chi connectivity index (χ0n) is 8.34. The van der Waals surface area contributed by atoms with E-state index in [1.807, 2.05) is 0 Å². The Morgan fingerprint density at radius 3 is 2.00 bits per heavy atom. The third kappa shape index (κ3) is 2.26. The minimum Gasteiger partial charge on any atom is -0.223 e. The highest BCUT2D eigenvalue weighted by atomic mass is 35.5. The normalized spacial score (nSPS) is 11.4. The summed E-state index contributed by atoms with van der Waals surface area (Å²) in [7, 11) is -3.79. The van der Waals surface area contributed by atoms with Gasteiger partial charge in [0.1, 0.15) is 11.2 Å². The van der Waals surface area contributed by atoms with Crippen molar-refractivity contribution >= 4 is 33.0 Å². The summed E-state index contributed by atoms with van der Waals surface area (Å²) in [5, 5.41) is -0.372. The monoisotopic (exact) mass is 288 g/mol. The molecule has 4 nitrogen and oxygen atoms in total. The fourth-order valence-electron chi connectivity index (χ4n) is 1.27. The lowest BCUT2D eigenvalue weighted by atomic mass is 10.4. The Hall–Kier alpha value is -1.17. The molecule has 1 heterocycles. The van der Waals surface area contributed by atoms with Crippen LogP contribution < -0.4 is 0 Å². The Morgan fingerprint density at radius 2 is 1.47 bits per heavy atom. The molecule has 1 aromatic heterocycles. The maximum atomic E-state index is 12.2. The van der Waals surface area contributed by atoms with Gasteiger partial charge in [-0.15, -0.1) is 0 Å². The predicted octanol–water partition coefficient (Wildman–Crippen LogP) is 2.62. The van der Waals surface area contributed by atoms with Crippen LogP contribution >= 0.6 is 23.2 Å². The average molecular weight is 289 g/mol. The van der Waals surface area contributed by atoms with Crippen molar-refractivity contribution in [2.75, 3.05) is 0 Å². The molecule has 1 aromatic carbocycles. The summed E-state index contributed by atoms with van der Waals surface area (Å²) in [6.07, 6.45) is 1.11. The molecule has 0 unspecified atom stereocenters. The van der Waals surface area contributed by atoms with Crippen molar-refractivity contribution in [1.29, 1.82) is 0 Å². The van der Waals surface area contributed by atoms with E-state index < -0.39 is 9.84 Å². The molecule has 2 rings (SSSR count). The van der Waals surface area contributed by atoms with Crippen LogP contribution in [0.4, 0.5) is 0 Å². The van der Waals surface area contributed by atoms with Crippen LogP contribution in [0.2, 0.25) is 10.3 Å². The Morgan fingerprint density at radius 1 is 0.941 bits per heavy atom. The van der Waals surface area contributed by atoms with Gasteiger partial charge >= 0.3 is 0 Å². The van der Waals surface area contributed by atoms with E-state index in [2.05, 4.69) is 9.97 Å². The summed E-state index contributed by atoms with van der Waals surface area (Å²) in [6, 6.07) is 7.84. The number of hydrogen-bond donors (Lipinski definition) is 0. The van der Waals surface area contributed by atoms with E-state index in [1.165, 1.54) is 12.1 Å². The molecule has 0 fully saturated rings. The van der Waals surface area contributed by atoms with E-state index in [1.54, 1.807) is 18.2 Å². The highest BCUT2D eigenvalue weighted by molar-refractivity contribution is 7.91. The van der Waals surface area contributed by atoms with E-state index in [-0.39, 0.29) is 20.1 Å². The quantitative estimate of drug-likeness (QED) is 0.797. The molecule has 0 aliphatic carbocycles. The van der Waals surface area contributed by atoms with Crippen LogP contribution in [-0.2, 0) is 9.84 Å². The van der Waals surface area contributed by atoms with Crippen LogP contribution in [0.3, 0.4) is 0 Å². The Labute approximate surface area is 108 Å². The van der Waals surface area contributed by atoms with E-state index in [9.17, 15) is 8.42 Å². The van der Waals surface area contributed by atoms with Crippen molar-refractivity contribution in [2.45, 2.75) is 9.79 Å². The lowest BCUT2D eigenvalue weighted by molar-refractivity contribution is 0.595. The van der Waals surface area contributed by atoms with Crippen LogP contribution in [0.5, 0.6) is 0 Å². The van der Waals surface area contributed by atoms with E-state index in [0.29, 0.717) is 0 Å². The second kappa shape index (κ2) is 4.60. The number of benzene rings is 1. The second-order valence-electron chi connectivity index (χ2n) is 3.10. The number of sulfone groups is 1. The highest BCUT2D eigenvalue weighted by Crippen LogP contribution is 2.30. The van der Waals surface area contributed by atoms with Crippen molar-refractivity contribution in [3.63, 3.8) is 0 Å². The first kappa shape index (κ1) is 12.3. The SMILES string of the molecule is O=S(=O)(c1ccccc1)c1c(Cl)ncnc1Cl. The van der Waals surface area contributed by atoms with E-state index in [0.717, 1.165) is 6.33 Å². The number of hydrogen-bond acceptors (Lipinski definition) is 4. The Kier molecular flexibility index (Phi) is 3.33. The molecule has 0 saturated carbocycles. The molecule has 0 bridgehead atoms. The second-order valence-corrected chi connectivity index (χ2v) is 5.70. The summed E-state index contributed by atoms with van der Waals surface area (Å²) >= 11 is 11.5. The van der Waals surface area contributed by atoms with Crippen molar-refractivity contribution in [1.82, 2.24) is 9.97 Å². The molecule has 0 atom stereocenters. The van der Waals surface area contributed by atoms with Crippen molar-refractivity contribution in [3.05, 3.63) is 47.0 Å². The Bertz CT molecular complexity index is 624.